The highest BCUT2D eigenvalue weighted by Gasteiger charge is 2.70. The van der Waals surface area contributed by atoms with Crippen molar-refractivity contribution in [1.82, 2.24) is 5.32 Å². The van der Waals surface area contributed by atoms with Crippen LogP contribution in [-0.4, -0.2) is 29.5 Å². The molecule has 0 saturated heterocycles. The van der Waals surface area contributed by atoms with Crippen LogP contribution in [0.5, 0.6) is 0 Å². The lowest BCUT2D eigenvalue weighted by Gasteiger charge is -2.13. The standard InChI is InChI=1S/C9H13F2NO3/c1-6(13)12-3-2-8(4-7(14)15)5-9(8,10)11/h2-5H2,1H3,(H,12,13)(H,14,15). The van der Waals surface area contributed by atoms with Crippen molar-refractivity contribution in [3.8, 4) is 0 Å². The summed E-state index contributed by atoms with van der Waals surface area (Å²) < 4.78 is 25.9. The van der Waals surface area contributed by atoms with Crippen LogP contribution in [0.3, 0.4) is 0 Å². The van der Waals surface area contributed by atoms with Gasteiger partial charge in [0, 0.05) is 19.9 Å². The number of hydrogen-bond donors (Lipinski definition) is 2. The number of carboxylic acid groups (broad SMARTS) is 1. The molecule has 1 amide bonds. The number of carbonyl (C=O) groups is 2. The van der Waals surface area contributed by atoms with Gasteiger partial charge in [0.05, 0.1) is 11.8 Å². The maximum absolute atomic E-state index is 13.0. The Balaban J connectivity index is 2.47. The molecule has 86 valence electrons. The summed E-state index contributed by atoms with van der Waals surface area (Å²) in [4.78, 5) is 20.9. The Morgan fingerprint density at radius 2 is 2.00 bits per heavy atom. The highest BCUT2D eigenvalue weighted by molar-refractivity contribution is 5.72. The van der Waals surface area contributed by atoms with E-state index in [0.29, 0.717) is 0 Å². The van der Waals surface area contributed by atoms with Gasteiger partial charge in [-0.3, -0.25) is 9.59 Å². The Labute approximate surface area is 85.7 Å². The van der Waals surface area contributed by atoms with Crippen LogP contribution in [0.2, 0.25) is 0 Å². The van der Waals surface area contributed by atoms with Gasteiger partial charge >= 0.3 is 5.97 Å². The molecule has 1 rings (SSSR count). The minimum Gasteiger partial charge on any atom is -0.481 e. The van der Waals surface area contributed by atoms with Crippen LogP contribution in [0.4, 0.5) is 8.78 Å². The van der Waals surface area contributed by atoms with Gasteiger partial charge in [0.1, 0.15) is 0 Å². The maximum atomic E-state index is 13.0. The van der Waals surface area contributed by atoms with E-state index in [2.05, 4.69) is 5.32 Å². The fraction of sp³-hybridized carbons (Fsp3) is 0.778. The normalized spacial score (nSPS) is 27.1. The molecule has 15 heavy (non-hydrogen) atoms. The molecule has 0 bridgehead atoms. The SMILES string of the molecule is CC(=O)NCCC1(CC(=O)O)CC1(F)F. The van der Waals surface area contributed by atoms with Crippen molar-refractivity contribution >= 4 is 11.9 Å². The number of hydrogen-bond acceptors (Lipinski definition) is 2. The minimum atomic E-state index is -2.90. The van der Waals surface area contributed by atoms with Gasteiger partial charge in [-0.15, -0.1) is 0 Å². The van der Waals surface area contributed by atoms with E-state index in [9.17, 15) is 18.4 Å². The number of carboxylic acids is 1. The van der Waals surface area contributed by atoms with Crippen molar-refractivity contribution in [3.63, 3.8) is 0 Å². The first-order valence-electron chi connectivity index (χ1n) is 4.63. The van der Waals surface area contributed by atoms with Crippen molar-refractivity contribution in [1.29, 1.82) is 0 Å². The summed E-state index contributed by atoms with van der Waals surface area (Å²) in [5, 5.41) is 10.9. The second kappa shape index (κ2) is 3.75. The van der Waals surface area contributed by atoms with Crippen LogP contribution in [0.1, 0.15) is 26.2 Å². The van der Waals surface area contributed by atoms with E-state index in [4.69, 9.17) is 5.11 Å². The van der Waals surface area contributed by atoms with Crippen molar-refractivity contribution < 1.29 is 23.5 Å². The maximum Gasteiger partial charge on any atom is 0.304 e. The lowest BCUT2D eigenvalue weighted by molar-refractivity contribution is -0.139. The third kappa shape index (κ3) is 2.64. The number of alkyl halides is 2. The number of nitrogens with one attached hydrogen (secondary N) is 1. The lowest BCUT2D eigenvalue weighted by atomic mass is 9.97. The zero-order valence-corrected chi connectivity index (χ0v) is 8.35. The molecular formula is C9H13F2NO3. The molecule has 1 unspecified atom stereocenters. The Morgan fingerprint density at radius 3 is 2.33 bits per heavy atom. The lowest BCUT2D eigenvalue weighted by Crippen LogP contribution is -2.26. The van der Waals surface area contributed by atoms with Crippen molar-refractivity contribution in [3.05, 3.63) is 0 Å². The highest BCUT2D eigenvalue weighted by Crippen LogP contribution is 2.64. The number of aliphatic carboxylic acids is 1. The monoisotopic (exact) mass is 221 g/mol. The van der Waals surface area contributed by atoms with Crippen LogP contribution in [-0.2, 0) is 9.59 Å². The first kappa shape index (κ1) is 11.9. The number of halogens is 2. The fourth-order valence-electron chi connectivity index (χ4n) is 1.70. The summed E-state index contributed by atoms with van der Waals surface area (Å²) in [5.41, 5.74) is -1.44. The first-order chi connectivity index (χ1) is 6.79. The molecule has 0 heterocycles. The van der Waals surface area contributed by atoms with E-state index in [-0.39, 0.29) is 18.9 Å². The molecule has 0 aromatic heterocycles. The van der Waals surface area contributed by atoms with Crippen LogP contribution < -0.4 is 5.32 Å². The zero-order chi connectivity index (χ0) is 11.7. The molecule has 1 aliphatic carbocycles. The summed E-state index contributed by atoms with van der Waals surface area (Å²) in [7, 11) is 0. The van der Waals surface area contributed by atoms with Crippen LogP contribution in [0.25, 0.3) is 0 Å². The largest absolute Gasteiger partial charge is 0.481 e. The number of carbonyl (C=O) groups excluding carboxylic acids is 1. The van der Waals surface area contributed by atoms with Gasteiger partial charge in [0.2, 0.25) is 5.91 Å². The molecule has 2 N–H and O–H groups in total. The van der Waals surface area contributed by atoms with Crippen molar-refractivity contribution in [2.24, 2.45) is 5.41 Å². The predicted octanol–water partition coefficient (Wildman–Crippen LogP) is 1.01. The smallest absolute Gasteiger partial charge is 0.304 e. The summed E-state index contributed by atoms with van der Waals surface area (Å²) in [6.07, 6.45) is -0.933. The molecule has 0 radical (unpaired) electrons. The molecule has 1 saturated carbocycles. The summed E-state index contributed by atoms with van der Waals surface area (Å²) in [6.45, 7) is 1.38. The third-order valence-corrected chi connectivity index (χ3v) is 2.68. The highest BCUT2D eigenvalue weighted by atomic mass is 19.3. The van der Waals surface area contributed by atoms with E-state index in [0.717, 1.165) is 0 Å². The number of amides is 1. The average molecular weight is 221 g/mol. The molecule has 1 fully saturated rings. The molecule has 1 atom stereocenters. The zero-order valence-electron chi connectivity index (χ0n) is 8.35. The molecule has 0 aromatic rings. The Morgan fingerprint density at radius 1 is 1.47 bits per heavy atom. The van der Waals surface area contributed by atoms with Gasteiger partial charge in [0.15, 0.2) is 0 Å². The van der Waals surface area contributed by atoms with Gasteiger partial charge in [-0.1, -0.05) is 0 Å². The van der Waals surface area contributed by atoms with Gasteiger partial charge in [-0.25, -0.2) is 8.78 Å². The second-order valence-electron chi connectivity index (χ2n) is 3.97. The molecule has 0 aliphatic heterocycles. The topological polar surface area (TPSA) is 66.4 Å². The molecule has 0 aromatic carbocycles. The first-order valence-corrected chi connectivity index (χ1v) is 4.63. The fourth-order valence-corrected chi connectivity index (χ4v) is 1.70. The Bertz CT molecular complexity index is 293. The van der Waals surface area contributed by atoms with E-state index in [1.165, 1.54) is 6.92 Å². The quantitative estimate of drug-likeness (QED) is 0.728. The van der Waals surface area contributed by atoms with E-state index < -0.39 is 30.1 Å². The van der Waals surface area contributed by atoms with Crippen molar-refractivity contribution in [2.75, 3.05) is 6.54 Å². The average Bonchev–Trinajstić information content (AvgIpc) is 2.49. The van der Waals surface area contributed by atoms with Crippen LogP contribution in [0.15, 0.2) is 0 Å². The Kier molecular flexibility index (Phi) is 2.97. The third-order valence-electron chi connectivity index (χ3n) is 2.68. The van der Waals surface area contributed by atoms with Crippen molar-refractivity contribution in [2.45, 2.75) is 32.1 Å². The van der Waals surface area contributed by atoms with E-state index in [1.54, 1.807) is 0 Å². The number of rotatable bonds is 5. The molecular weight excluding hydrogens is 208 g/mol. The second-order valence-corrected chi connectivity index (χ2v) is 3.97. The summed E-state index contributed by atoms with van der Waals surface area (Å²) in [5.74, 6) is -4.43. The van der Waals surface area contributed by atoms with Crippen LogP contribution in [0, 0.1) is 5.41 Å². The van der Waals surface area contributed by atoms with Crippen LogP contribution >= 0.6 is 0 Å². The van der Waals surface area contributed by atoms with Gasteiger partial charge in [0.25, 0.3) is 5.92 Å². The minimum absolute atomic E-state index is 0.00583. The molecule has 1 aliphatic rings. The van der Waals surface area contributed by atoms with Gasteiger partial charge < -0.3 is 10.4 Å². The molecule has 6 heteroatoms. The van der Waals surface area contributed by atoms with E-state index in [1.807, 2.05) is 0 Å². The summed E-state index contributed by atoms with van der Waals surface area (Å²) in [6, 6.07) is 0. The predicted molar refractivity (Wildman–Crippen MR) is 47.6 cm³/mol. The Hall–Kier alpha value is -1.20. The molecule has 0 spiro atoms. The van der Waals surface area contributed by atoms with E-state index >= 15 is 0 Å². The van der Waals surface area contributed by atoms with Gasteiger partial charge in [-0.2, -0.15) is 0 Å². The summed E-state index contributed by atoms with van der Waals surface area (Å²) >= 11 is 0. The van der Waals surface area contributed by atoms with Gasteiger partial charge in [-0.05, 0) is 6.42 Å². The molecule has 4 nitrogen and oxygen atoms in total.